The number of hydrogen-bond donors (Lipinski definition) is 0. The van der Waals surface area contributed by atoms with Crippen LogP contribution in [0.15, 0.2) is 65.2 Å². The Morgan fingerprint density at radius 2 is 1.90 bits per heavy atom. The van der Waals surface area contributed by atoms with Crippen molar-refractivity contribution in [3.63, 3.8) is 0 Å². The molecule has 0 spiro atoms. The van der Waals surface area contributed by atoms with Crippen molar-refractivity contribution >= 4 is 16.8 Å². The van der Waals surface area contributed by atoms with E-state index in [0.29, 0.717) is 24.3 Å². The molecule has 1 atom stereocenters. The van der Waals surface area contributed by atoms with Gasteiger partial charge in [-0.15, -0.1) is 0 Å². The number of aromatic nitrogens is 2. The van der Waals surface area contributed by atoms with Crippen LogP contribution in [-0.2, 0) is 6.42 Å². The summed E-state index contributed by atoms with van der Waals surface area (Å²) in [5.41, 5.74) is 3.83. The number of benzene rings is 2. The predicted octanol–water partition coefficient (Wildman–Crippen LogP) is 4.79. The molecule has 0 saturated heterocycles. The second kappa shape index (κ2) is 6.81. The molecule has 29 heavy (non-hydrogen) atoms. The molecular weight excluding hydrogens is 369 g/mol. The molecule has 0 bridgehead atoms. The lowest BCUT2D eigenvalue weighted by molar-refractivity contribution is 0.0672. The van der Waals surface area contributed by atoms with Crippen molar-refractivity contribution in [2.24, 2.45) is 0 Å². The van der Waals surface area contributed by atoms with Crippen LogP contribution in [0.3, 0.4) is 0 Å². The quantitative estimate of drug-likeness (QED) is 0.496. The van der Waals surface area contributed by atoms with Gasteiger partial charge in [-0.25, -0.2) is 9.37 Å². The van der Waals surface area contributed by atoms with Crippen LogP contribution in [0.1, 0.15) is 34.6 Å². The Kier molecular flexibility index (Phi) is 4.12. The molecule has 0 unspecified atom stereocenters. The number of hydrogen-bond acceptors (Lipinski definition) is 4. The molecule has 0 saturated carbocycles. The smallest absolute Gasteiger partial charge is 0.254 e. The van der Waals surface area contributed by atoms with E-state index in [2.05, 4.69) is 5.16 Å². The van der Waals surface area contributed by atoms with E-state index in [0.717, 1.165) is 27.9 Å². The van der Waals surface area contributed by atoms with Crippen LogP contribution < -0.4 is 0 Å². The number of pyridine rings is 1. The van der Waals surface area contributed by atoms with E-state index in [9.17, 15) is 9.18 Å². The summed E-state index contributed by atoms with van der Waals surface area (Å²) in [6, 6.07) is 17.2. The number of amides is 1. The zero-order valence-electron chi connectivity index (χ0n) is 15.8. The fourth-order valence-corrected chi connectivity index (χ4v) is 3.89. The lowest BCUT2D eigenvalue weighted by atomic mass is 9.96. The van der Waals surface area contributed by atoms with Crippen molar-refractivity contribution in [1.82, 2.24) is 15.0 Å². The first-order chi connectivity index (χ1) is 14.1. The largest absolute Gasteiger partial charge is 0.354 e. The standard InChI is InChI=1S/C23H18FN3O2/c1-14-21-18(12-13-27(14)23(28)16-6-9-17(24)10-7-16)22(29-26-21)20-11-8-15-4-2-3-5-19(15)25-20/h2-11,14H,12-13H2,1H3/t14-/m1/s1. The molecule has 2 aromatic heterocycles. The Balaban J connectivity index is 1.47. The fraction of sp³-hybridized carbons (Fsp3) is 0.174. The molecule has 3 heterocycles. The minimum Gasteiger partial charge on any atom is -0.354 e. The molecule has 2 aromatic carbocycles. The van der Waals surface area contributed by atoms with Crippen LogP contribution >= 0.6 is 0 Å². The highest BCUT2D eigenvalue weighted by Crippen LogP contribution is 2.36. The van der Waals surface area contributed by atoms with Gasteiger partial charge >= 0.3 is 0 Å². The molecule has 1 aliphatic heterocycles. The average Bonchev–Trinajstić information content (AvgIpc) is 3.19. The molecular formula is C23H18FN3O2. The SMILES string of the molecule is C[C@@H]1c2noc(-c3ccc4ccccc4n3)c2CCN1C(=O)c1ccc(F)cc1. The Labute approximate surface area is 166 Å². The fourth-order valence-electron chi connectivity index (χ4n) is 3.89. The van der Waals surface area contributed by atoms with Gasteiger partial charge in [-0.1, -0.05) is 29.4 Å². The molecule has 1 amide bonds. The summed E-state index contributed by atoms with van der Waals surface area (Å²) < 4.78 is 18.8. The summed E-state index contributed by atoms with van der Waals surface area (Å²) in [5.74, 6) is 0.155. The number of halogens is 1. The molecule has 5 nitrogen and oxygen atoms in total. The minimum atomic E-state index is -0.362. The van der Waals surface area contributed by atoms with Crippen LogP contribution in [0.5, 0.6) is 0 Å². The first-order valence-corrected chi connectivity index (χ1v) is 9.53. The maximum absolute atomic E-state index is 13.2. The van der Waals surface area contributed by atoms with Gasteiger partial charge in [0.1, 0.15) is 17.2 Å². The van der Waals surface area contributed by atoms with Crippen LogP contribution in [0.4, 0.5) is 4.39 Å². The average molecular weight is 387 g/mol. The third-order valence-corrected chi connectivity index (χ3v) is 5.47. The Bertz CT molecular complexity index is 1220. The second-order valence-electron chi connectivity index (χ2n) is 7.20. The van der Waals surface area contributed by atoms with Crippen LogP contribution in [0.2, 0.25) is 0 Å². The normalized spacial score (nSPS) is 16.1. The molecule has 0 radical (unpaired) electrons. The monoisotopic (exact) mass is 387 g/mol. The van der Waals surface area contributed by atoms with Gasteiger partial charge in [0.15, 0.2) is 5.76 Å². The van der Waals surface area contributed by atoms with Gasteiger partial charge in [0, 0.05) is 23.1 Å². The molecule has 6 heteroatoms. The first-order valence-electron chi connectivity index (χ1n) is 9.53. The molecule has 5 rings (SSSR count). The molecule has 144 valence electrons. The van der Waals surface area contributed by atoms with Gasteiger partial charge < -0.3 is 9.42 Å². The number of nitrogens with zero attached hydrogens (tertiary/aromatic N) is 3. The first kappa shape index (κ1) is 17.6. The van der Waals surface area contributed by atoms with Crippen molar-refractivity contribution in [2.75, 3.05) is 6.54 Å². The second-order valence-corrected chi connectivity index (χ2v) is 7.20. The van der Waals surface area contributed by atoms with Gasteiger partial charge in [-0.3, -0.25) is 4.79 Å². The van der Waals surface area contributed by atoms with Gasteiger partial charge in [-0.05, 0) is 49.7 Å². The van der Waals surface area contributed by atoms with E-state index >= 15 is 0 Å². The van der Waals surface area contributed by atoms with Gasteiger partial charge in [0.05, 0.1) is 11.6 Å². The van der Waals surface area contributed by atoms with Crippen LogP contribution in [0.25, 0.3) is 22.4 Å². The third kappa shape index (κ3) is 2.97. The molecule has 0 N–H and O–H groups in total. The molecule has 1 aliphatic rings. The Morgan fingerprint density at radius 3 is 2.72 bits per heavy atom. The Morgan fingerprint density at radius 1 is 1.10 bits per heavy atom. The maximum Gasteiger partial charge on any atom is 0.254 e. The van der Waals surface area contributed by atoms with Crippen LogP contribution in [-0.4, -0.2) is 27.5 Å². The molecule has 0 aliphatic carbocycles. The number of para-hydroxylation sites is 1. The van der Waals surface area contributed by atoms with Crippen molar-refractivity contribution in [3.05, 3.63) is 83.3 Å². The summed E-state index contributed by atoms with van der Waals surface area (Å²) in [4.78, 5) is 19.3. The number of rotatable bonds is 2. The van der Waals surface area contributed by atoms with Gasteiger partial charge in [0.25, 0.3) is 5.91 Å². The van der Waals surface area contributed by atoms with Crippen molar-refractivity contribution in [2.45, 2.75) is 19.4 Å². The van der Waals surface area contributed by atoms with Gasteiger partial charge in [-0.2, -0.15) is 0 Å². The zero-order chi connectivity index (χ0) is 20.0. The highest BCUT2D eigenvalue weighted by atomic mass is 19.1. The third-order valence-electron chi connectivity index (χ3n) is 5.47. The van der Waals surface area contributed by atoms with Crippen molar-refractivity contribution < 1.29 is 13.7 Å². The van der Waals surface area contributed by atoms with Gasteiger partial charge in [0.2, 0.25) is 0 Å². The summed E-state index contributed by atoms with van der Waals surface area (Å²) in [7, 11) is 0. The lowest BCUT2D eigenvalue weighted by Crippen LogP contribution is -2.38. The highest BCUT2D eigenvalue weighted by Gasteiger charge is 2.33. The van der Waals surface area contributed by atoms with Crippen molar-refractivity contribution in [1.29, 1.82) is 0 Å². The summed E-state index contributed by atoms with van der Waals surface area (Å²) >= 11 is 0. The molecule has 0 fully saturated rings. The Hall–Kier alpha value is -3.54. The van der Waals surface area contributed by atoms with Crippen LogP contribution in [0, 0.1) is 5.82 Å². The summed E-state index contributed by atoms with van der Waals surface area (Å²) in [6.45, 7) is 2.46. The highest BCUT2D eigenvalue weighted by molar-refractivity contribution is 5.94. The van der Waals surface area contributed by atoms with E-state index in [4.69, 9.17) is 9.51 Å². The van der Waals surface area contributed by atoms with E-state index < -0.39 is 0 Å². The number of fused-ring (bicyclic) bond motifs is 2. The van der Waals surface area contributed by atoms with E-state index in [1.54, 1.807) is 4.90 Å². The van der Waals surface area contributed by atoms with Crippen molar-refractivity contribution in [3.8, 4) is 11.5 Å². The summed E-state index contributed by atoms with van der Waals surface area (Å²) in [6.07, 6.45) is 0.625. The van der Waals surface area contributed by atoms with E-state index in [-0.39, 0.29) is 17.8 Å². The molecule has 4 aromatic rings. The van der Waals surface area contributed by atoms with E-state index in [1.807, 2.05) is 43.3 Å². The van der Waals surface area contributed by atoms with E-state index in [1.165, 1.54) is 24.3 Å². The number of carbonyl (C=O) groups is 1. The number of carbonyl (C=O) groups excluding carboxylic acids is 1. The predicted molar refractivity (Wildman–Crippen MR) is 107 cm³/mol. The zero-order valence-corrected chi connectivity index (χ0v) is 15.8. The maximum atomic E-state index is 13.2. The lowest BCUT2D eigenvalue weighted by Gasteiger charge is -2.32. The minimum absolute atomic E-state index is 0.142. The topological polar surface area (TPSA) is 59.2 Å². The summed E-state index contributed by atoms with van der Waals surface area (Å²) in [5, 5.41) is 5.33.